The molecule has 4 rings (SSSR count). The molecule has 27 heavy (non-hydrogen) atoms. The van der Waals surface area contributed by atoms with Gasteiger partial charge in [0.25, 0.3) is 5.91 Å². The van der Waals surface area contributed by atoms with Crippen molar-refractivity contribution in [1.29, 1.82) is 0 Å². The number of aryl methyl sites for hydroxylation is 1. The van der Waals surface area contributed by atoms with Crippen molar-refractivity contribution in [2.24, 2.45) is 0 Å². The molecule has 0 aliphatic carbocycles. The molecule has 0 bridgehead atoms. The van der Waals surface area contributed by atoms with Crippen molar-refractivity contribution in [2.75, 3.05) is 0 Å². The van der Waals surface area contributed by atoms with E-state index in [4.69, 9.17) is 4.52 Å². The van der Waals surface area contributed by atoms with Crippen molar-refractivity contribution in [3.63, 3.8) is 0 Å². The van der Waals surface area contributed by atoms with E-state index in [0.717, 1.165) is 11.1 Å². The Labute approximate surface area is 156 Å². The molecule has 2 aromatic carbocycles. The quantitative estimate of drug-likeness (QED) is 0.708. The predicted molar refractivity (Wildman–Crippen MR) is 98.6 cm³/mol. The lowest BCUT2D eigenvalue weighted by Crippen LogP contribution is -2.46. The molecule has 1 atom stereocenters. The van der Waals surface area contributed by atoms with E-state index < -0.39 is 11.6 Å². The van der Waals surface area contributed by atoms with Gasteiger partial charge < -0.3 is 9.84 Å². The van der Waals surface area contributed by atoms with Crippen molar-refractivity contribution in [3.8, 4) is 0 Å². The average Bonchev–Trinajstić information content (AvgIpc) is 3.20. The third-order valence-corrected chi connectivity index (χ3v) is 4.75. The van der Waals surface area contributed by atoms with E-state index in [9.17, 15) is 9.59 Å². The average molecular weight is 361 g/mol. The fourth-order valence-electron chi connectivity index (χ4n) is 3.47. The Morgan fingerprint density at radius 3 is 2.33 bits per heavy atom. The van der Waals surface area contributed by atoms with Gasteiger partial charge in [0.05, 0.1) is 6.54 Å². The first-order chi connectivity index (χ1) is 13.1. The molecule has 1 aromatic heterocycles. The molecule has 1 fully saturated rings. The minimum absolute atomic E-state index is 0.0748. The van der Waals surface area contributed by atoms with E-state index in [1.807, 2.05) is 60.7 Å². The lowest BCUT2D eigenvalue weighted by Gasteiger charge is -2.27. The molecule has 0 spiro atoms. The number of nitrogens with zero attached hydrogens (tertiary/aromatic N) is 2. The number of rotatable bonds is 5. The highest BCUT2D eigenvalue weighted by atomic mass is 16.5. The summed E-state index contributed by atoms with van der Waals surface area (Å²) in [4.78, 5) is 27.4. The highest BCUT2D eigenvalue weighted by Gasteiger charge is 2.52. The first kappa shape index (κ1) is 17.0. The van der Waals surface area contributed by atoms with Crippen molar-refractivity contribution >= 4 is 11.9 Å². The topological polar surface area (TPSA) is 75.4 Å². The van der Waals surface area contributed by atoms with Gasteiger partial charge in [0.15, 0.2) is 5.54 Å². The van der Waals surface area contributed by atoms with Crippen molar-refractivity contribution in [3.05, 3.63) is 89.3 Å². The zero-order valence-electron chi connectivity index (χ0n) is 14.9. The third kappa shape index (κ3) is 3.10. The summed E-state index contributed by atoms with van der Waals surface area (Å²) in [6.07, 6.45) is 0.372. The summed E-state index contributed by atoms with van der Waals surface area (Å²) < 4.78 is 5.06. The minimum atomic E-state index is -1.14. The maximum Gasteiger partial charge on any atom is 0.325 e. The zero-order chi connectivity index (χ0) is 18.9. The van der Waals surface area contributed by atoms with Crippen molar-refractivity contribution in [2.45, 2.75) is 25.4 Å². The van der Waals surface area contributed by atoms with E-state index in [1.54, 1.807) is 13.0 Å². The summed E-state index contributed by atoms with van der Waals surface area (Å²) in [6, 6.07) is 20.3. The number of urea groups is 1. The van der Waals surface area contributed by atoms with Crippen LogP contribution in [0.2, 0.25) is 0 Å². The Hall–Kier alpha value is -3.41. The number of benzene rings is 2. The van der Waals surface area contributed by atoms with Crippen LogP contribution in [0.15, 0.2) is 71.3 Å². The molecular weight excluding hydrogens is 342 g/mol. The fourth-order valence-corrected chi connectivity index (χ4v) is 3.47. The second kappa shape index (κ2) is 6.72. The number of hydrogen-bond acceptors (Lipinski definition) is 4. The molecule has 0 saturated carbocycles. The number of nitrogens with one attached hydrogen (secondary N) is 1. The maximum absolute atomic E-state index is 13.4. The predicted octanol–water partition coefficient (Wildman–Crippen LogP) is 3.17. The van der Waals surface area contributed by atoms with Crippen LogP contribution in [-0.2, 0) is 23.3 Å². The Morgan fingerprint density at radius 2 is 1.70 bits per heavy atom. The largest absolute Gasteiger partial charge is 0.361 e. The second-order valence-electron chi connectivity index (χ2n) is 6.68. The zero-order valence-corrected chi connectivity index (χ0v) is 14.9. The number of hydrogen-bond donors (Lipinski definition) is 1. The number of carbonyl (C=O) groups is 2. The fraction of sp³-hybridized carbons (Fsp3) is 0.190. The minimum Gasteiger partial charge on any atom is -0.361 e. The van der Waals surface area contributed by atoms with E-state index in [0.29, 0.717) is 17.9 Å². The van der Waals surface area contributed by atoms with E-state index in [-0.39, 0.29) is 12.5 Å². The monoisotopic (exact) mass is 361 g/mol. The molecule has 1 aliphatic rings. The maximum atomic E-state index is 13.4. The molecule has 6 heteroatoms. The molecule has 1 aliphatic heterocycles. The lowest BCUT2D eigenvalue weighted by atomic mass is 9.83. The standard InChI is InChI=1S/C21H19N3O3/c1-15-12-18(23-27-15)14-24-19(25)21(22-20(24)26,17-10-6-3-7-11-17)13-16-8-4-2-5-9-16/h2-12H,13-14H2,1H3,(H,22,26)/t21-/m1/s1. The van der Waals surface area contributed by atoms with Crippen molar-refractivity contribution in [1.82, 2.24) is 15.4 Å². The van der Waals surface area contributed by atoms with Crippen LogP contribution >= 0.6 is 0 Å². The van der Waals surface area contributed by atoms with Gasteiger partial charge in [0, 0.05) is 12.5 Å². The smallest absolute Gasteiger partial charge is 0.325 e. The Morgan fingerprint density at radius 1 is 1.04 bits per heavy atom. The van der Waals surface area contributed by atoms with E-state index in [2.05, 4.69) is 10.5 Å². The lowest BCUT2D eigenvalue weighted by molar-refractivity contribution is -0.132. The van der Waals surface area contributed by atoms with Gasteiger partial charge in [0.2, 0.25) is 0 Å². The van der Waals surface area contributed by atoms with Crippen molar-refractivity contribution < 1.29 is 14.1 Å². The van der Waals surface area contributed by atoms with Gasteiger partial charge in [-0.1, -0.05) is 65.8 Å². The van der Waals surface area contributed by atoms with Crippen LogP contribution in [0.1, 0.15) is 22.6 Å². The molecule has 2 heterocycles. The van der Waals surface area contributed by atoms with Gasteiger partial charge in [-0.3, -0.25) is 9.69 Å². The summed E-state index contributed by atoms with van der Waals surface area (Å²) in [6.45, 7) is 1.84. The van der Waals surface area contributed by atoms with E-state index in [1.165, 1.54) is 4.90 Å². The highest BCUT2D eigenvalue weighted by molar-refractivity contribution is 6.07. The van der Waals surface area contributed by atoms with Gasteiger partial charge >= 0.3 is 6.03 Å². The van der Waals surface area contributed by atoms with Gasteiger partial charge in [-0.25, -0.2) is 4.79 Å². The molecule has 6 nitrogen and oxygen atoms in total. The normalized spacial score (nSPS) is 19.4. The summed E-state index contributed by atoms with van der Waals surface area (Å²) >= 11 is 0. The van der Waals surface area contributed by atoms with Crippen LogP contribution in [0.4, 0.5) is 4.79 Å². The third-order valence-electron chi connectivity index (χ3n) is 4.75. The molecule has 1 saturated heterocycles. The van der Waals surface area contributed by atoms with Gasteiger partial charge in [-0.15, -0.1) is 0 Å². The first-order valence-electron chi connectivity index (χ1n) is 8.74. The van der Waals surface area contributed by atoms with Crippen LogP contribution in [-0.4, -0.2) is 22.0 Å². The van der Waals surface area contributed by atoms with Gasteiger partial charge in [-0.2, -0.15) is 0 Å². The molecular formula is C21H19N3O3. The summed E-state index contributed by atoms with van der Waals surface area (Å²) in [5.74, 6) is 0.346. The van der Waals surface area contributed by atoms with Crippen LogP contribution in [0.25, 0.3) is 0 Å². The molecule has 1 N–H and O–H groups in total. The number of aromatic nitrogens is 1. The highest BCUT2D eigenvalue weighted by Crippen LogP contribution is 2.33. The molecule has 0 radical (unpaired) electrons. The number of carbonyl (C=O) groups excluding carboxylic acids is 2. The molecule has 0 unspecified atom stereocenters. The second-order valence-corrected chi connectivity index (χ2v) is 6.68. The first-order valence-corrected chi connectivity index (χ1v) is 8.74. The van der Waals surface area contributed by atoms with Crippen LogP contribution in [0, 0.1) is 6.92 Å². The van der Waals surface area contributed by atoms with Crippen LogP contribution in [0.3, 0.4) is 0 Å². The Kier molecular flexibility index (Phi) is 4.24. The summed E-state index contributed by atoms with van der Waals surface area (Å²) in [5.41, 5.74) is 1.12. The Bertz CT molecular complexity index is 969. The molecule has 136 valence electrons. The molecule has 3 aromatic rings. The molecule has 3 amide bonds. The number of imide groups is 1. The van der Waals surface area contributed by atoms with Gasteiger partial charge in [-0.05, 0) is 18.1 Å². The number of amides is 3. The van der Waals surface area contributed by atoms with Crippen LogP contribution in [0.5, 0.6) is 0 Å². The van der Waals surface area contributed by atoms with E-state index >= 15 is 0 Å². The van der Waals surface area contributed by atoms with Gasteiger partial charge in [0.1, 0.15) is 11.5 Å². The Balaban J connectivity index is 1.72. The van der Waals surface area contributed by atoms with Crippen LogP contribution < -0.4 is 5.32 Å². The SMILES string of the molecule is Cc1cc(CN2C(=O)N[C@](Cc3ccccc3)(c3ccccc3)C2=O)no1. The summed E-state index contributed by atoms with van der Waals surface area (Å²) in [5, 5.41) is 6.84. The summed E-state index contributed by atoms with van der Waals surface area (Å²) in [7, 11) is 0.